The summed E-state index contributed by atoms with van der Waals surface area (Å²) in [6.45, 7) is 1.79. The Morgan fingerprint density at radius 3 is 2.85 bits per heavy atom. The molecule has 1 N–H and O–H groups in total. The van der Waals surface area contributed by atoms with E-state index in [4.69, 9.17) is 9.47 Å². The highest BCUT2D eigenvalue weighted by Gasteiger charge is 2.30. The highest BCUT2D eigenvalue weighted by molar-refractivity contribution is 5.27. The second-order valence-electron chi connectivity index (χ2n) is 4.91. The highest BCUT2D eigenvalue weighted by Crippen LogP contribution is 2.30. The van der Waals surface area contributed by atoms with Crippen molar-refractivity contribution < 1.29 is 27.8 Å². The van der Waals surface area contributed by atoms with E-state index in [2.05, 4.69) is 0 Å². The van der Waals surface area contributed by atoms with Crippen molar-refractivity contribution >= 4 is 0 Å². The number of ether oxygens (including phenoxy) is 2. The van der Waals surface area contributed by atoms with Gasteiger partial charge in [0, 0.05) is 12.5 Å². The first kappa shape index (κ1) is 15.3. The molecule has 2 atom stereocenters. The molecule has 1 aliphatic rings. The first-order valence-electron chi connectivity index (χ1n) is 6.47. The maximum absolute atomic E-state index is 12.6. The summed E-state index contributed by atoms with van der Waals surface area (Å²) in [6.07, 6.45) is -4.54. The molecular formula is C14H17F3O3. The van der Waals surface area contributed by atoms with Gasteiger partial charge in [0.25, 0.3) is 0 Å². The van der Waals surface area contributed by atoms with Gasteiger partial charge in [0.15, 0.2) is 0 Å². The van der Waals surface area contributed by atoms with Crippen LogP contribution < -0.4 is 0 Å². The molecular weight excluding hydrogens is 273 g/mol. The molecule has 2 unspecified atom stereocenters. The van der Waals surface area contributed by atoms with Crippen LogP contribution >= 0.6 is 0 Å². The van der Waals surface area contributed by atoms with E-state index in [0.29, 0.717) is 25.7 Å². The lowest BCUT2D eigenvalue weighted by molar-refractivity contribution is -0.137. The van der Waals surface area contributed by atoms with Gasteiger partial charge in [-0.1, -0.05) is 12.1 Å². The van der Waals surface area contributed by atoms with Gasteiger partial charge in [-0.05, 0) is 24.1 Å². The minimum absolute atomic E-state index is 0.0161. The topological polar surface area (TPSA) is 38.7 Å². The van der Waals surface area contributed by atoms with Gasteiger partial charge < -0.3 is 14.6 Å². The van der Waals surface area contributed by atoms with Crippen LogP contribution in [-0.2, 0) is 15.7 Å². The molecule has 0 amide bonds. The Morgan fingerprint density at radius 2 is 2.20 bits per heavy atom. The minimum Gasteiger partial charge on any atom is -0.386 e. The maximum Gasteiger partial charge on any atom is 0.416 e. The SMILES string of the molecule is OC(COCC1CCOC1)c1cccc(C(F)(F)F)c1. The Hall–Kier alpha value is -1.11. The molecule has 3 nitrogen and oxygen atoms in total. The predicted octanol–water partition coefficient (Wildman–Crippen LogP) is 2.79. The molecule has 1 aromatic carbocycles. The highest BCUT2D eigenvalue weighted by atomic mass is 19.4. The third-order valence-corrected chi connectivity index (χ3v) is 3.25. The molecule has 6 heteroatoms. The van der Waals surface area contributed by atoms with Crippen molar-refractivity contribution in [2.45, 2.75) is 18.7 Å². The zero-order valence-electron chi connectivity index (χ0n) is 10.9. The molecule has 0 spiro atoms. The number of aliphatic hydroxyl groups excluding tert-OH is 1. The van der Waals surface area contributed by atoms with Crippen molar-refractivity contribution in [1.82, 2.24) is 0 Å². The number of rotatable bonds is 5. The molecule has 0 aliphatic carbocycles. The normalized spacial score (nSPS) is 21.1. The molecule has 0 aromatic heterocycles. The van der Waals surface area contributed by atoms with Gasteiger partial charge in [-0.2, -0.15) is 13.2 Å². The van der Waals surface area contributed by atoms with Gasteiger partial charge in [-0.25, -0.2) is 0 Å². The molecule has 1 fully saturated rings. The third kappa shape index (κ3) is 4.19. The largest absolute Gasteiger partial charge is 0.416 e. The predicted molar refractivity (Wildman–Crippen MR) is 66.1 cm³/mol. The molecule has 1 aliphatic heterocycles. The Bertz CT molecular complexity index is 428. The first-order chi connectivity index (χ1) is 9.47. The number of hydrogen-bond acceptors (Lipinski definition) is 3. The summed E-state index contributed by atoms with van der Waals surface area (Å²) in [4.78, 5) is 0. The van der Waals surface area contributed by atoms with E-state index in [1.165, 1.54) is 12.1 Å². The van der Waals surface area contributed by atoms with Crippen LogP contribution in [0.1, 0.15) is 23.7 Å². The van der Waals surface area contributed by atoms with Crippen LogP contribution in [0.4, 0.5) is 13.2 Å². The van der Waals surface area contributed by atoms with Crippen molar-refractivity contribution in [1.29, 1.82) is 0 Å². The van der Waals surface area contributed by atoms with Crippen LogP contribution in [0.3, 0.4) is 0 Å². The van der Waals surface area contributed by atoms with E-state index < -0.39 is 17.8 Å². The van der Waals surface area contributed by atoms with E-state index in [-0.39, 0.29) is 12.2 Å². The lowest BCUT2D eigenvalue weighted by Gasteiger charge is -2.15. The standard InChI is InChI=1S/C14H17F3O3/c15-14(16,17)12-3-1-2-11(6-12)13(18)9-20-8-10-4-5-19-7-10/h1-3,6,10,13,18H,4-5,7-9H2. The fourth-order valence-electron chi connectivity index (χ4n) is 2.08. The van der Waals surface area contributed by atoms with Crippen LogP contribution in [0, 0.1) is 5.92 Å². The van der Waals surface area contributed by atoms with Gasteiger partial charge in [-0.15, -0.1) is 0 Å². The molecule has 1 saturated heterocycles. The van der Waals surface area contributed by atoms with Crippen LogP contribution in [0.2, 0.25) is 0 Å². The molecule has 1 heterocycles. The monoisotopic (exact) mass is 290 g/mol. The summed E-state index contributed by atoms with van der Waals surface area (Å²) in [6, 6.07) is 4.67. The summed E-state index contributed by atoms with van der Waals surface area (Å²) in [5, 5.41) is 9.86. The van der Waals surface area contributed by atoms with Gasteiger partial charge in [-0.3, -0.25) is 0 Å². The summed E-state index contributed by atoms with van der Waals surface area (Å²) >= 11 is 0. The quantitative estimate of drug-likeness (QED) is 0.906. The van der Waals surface area contributed by atoms with Gasteiger partial charge in [0.1, 0.15) is 6.10 Å². The third-order valence-electron chi connectivity index (χ3n) is 3.25. The number of benzene rings is 1. The fraction of sp³-hybridized carbons (Fsp3) is 0.571. The minimum atomic E-state index is -4.40. The second-order valence-corrected chi connectivity index (χ2v) is 4.91. The Morgan fingerprint density at radius 1 is 1.40 bits per heavy atom. The van der Waals surface area contributed by atoms with E-state index in [0.717, 1.165) is 18.6 Å². The molecule has 20 heavy (non-hydrogen) atoms. The zero-order valence-corrected chi connectivity index (χ0v) is 10.9. The molecule has 1 aromatic rings. The number of hydrogen-bond donors (Lipinski definition) is 1. The second kappa shape index (κ2) is 6.56. The van der Waals surface area contributed by atoms with Gasteiger partial charge >= 0.3 is 6.18 Å². The summed E-state index contributed by atoms with van der Waals surface area (Å²) in [5.74, 6) is 0.309. The molecule has 0 saturated carbocycles. The number of halogens is 3. The van der Waals surface area contributed by atoms with Crippen molar-refractivity contribution in [3.05, 3.63) is 35.4 Å². The van der Waals surface area contributed by atoms with Crippen molar-refractivity contribution in [2.75, 3.05) is 26.4 Å². The average Bonchev–Trinajstić information content (AvgIpc) is 2.91. The zero-order chi connectivity index (χ0) is 14.6. The van der Waals surface area contributed by atoms with E-state index >= 15 is 0 Å². The van der Waals surface area contributed by atoms with Crippen molar-refractivity contribution in [3.63, 3.8) is 0 Å². The summed E-state index contributed by atoms with van der Waals surface area (Å²) in [5.41, 5.74) is -0.555. The smallest absolute Gasteiger partial charge is 0.386 e. The molecule has 0 bridgehead atoms. The molecule has 2 rings (SSSR count). The fourth-order valence-corrected chi connectivity index (χ4v) is 2.08. The van der Waals surface area contributed by atoms with Crippen LogP contribution in [-0.4, -0.2) is 31.5 Å². The van der Waals surface area contributed by atoms with Crippen molar-refractivity contribution in [3.8, 4) is 0 Å². The summed E-state index contributed by atoms with van der Waals surface area (Å²) < 4.78 is 48.2. The van der Waals surface area contributed by atoms with Gasteiger partial charge in [0.2, 0.25) is 0 Å². The van der Waals surface area contributed by atoms with Crippen LogP contribution in [0.25, 0.3) is 0 Å². The van der Waals surface area contributed by atoms with Gasteiger partial charge in [0.05, 0.1) is 25.4 Å². The Kier molecular flexibility index (Phi) is 5.01. The van der Waals surface area contributed by atoms with E-state index in [1.807, 2.05) is 0 Å². The van der Waals surface area contributed by atoms with Crippen LogP contribution in [0.5, 0.6) is 0 Å². The number of alkyl halides is 3. The number of aliphatic hydroxyl groups is 1. The summed E-state index contributed by atoms with van der Waals surface area (Å²) in [7, 11) is 0. The average molecular weight is 290 g/mol. The molecule has 0 radical (unpaired) electrons. The maximum atomic E-state index is 12.6. The Balaban J connectivity index is 1.86. The van der Waals surface area contributed by atoms with Crippen molar-refractivity contribution in [2.24, 2.45) is 5.92 Å². The molecule has 112 valence electrons. The van der Waals surface area contributed by atoms with E-state index in [9.17, 15) is 18.3 Å². The lowest BCUT2D eigenvalue weighted by Crippen LogP contribution is -2.14. The lowest BCUT2D eigenvalue weighted by atomic mass is 10.1. The Labute approximate surface area is 115 Å². The first-order valence-corrected chi connectivity index (χ1v) is 6.47. The van der Waals surface area contributed by atoms with Crippen LogP contribution in [0.15, 0.2) is 24.3 Å². The van der Waals surface area contributed by atoms with E-state index in [1.54, 1.807) is 0 Å².